The molecule has 1 aliphatic rings. The number of hydrogen-bond acceptors (Lipinski definition) is 3. The van der Waals surface area contributed by atoms with Crippen LogP contribution in [0.5, 0.6) is 0 Å². The van der Waals surface area contributed by atoms with Crippen LogP contribution in [0.4, 0.5) is 0 Å². The zero-order valence-electron chi connectivity index (χ0n) is 16.2. The number of hydrogen-bond donors (Lipinski definition) is 1. The Morgan fingerprint density at radius 2 is 1.96 bits per heavy atom. The van der Waals surface area contributed by atoms with Crippen molar-refractivity contribution in [3.8, 4) is 0 Å². The van der Waals surface area contributed by atoms with E-state index in [1.54, 1.807) is 6.92 Å². The van der Waals surface area contributed by atoms with Crippen molar-refractivity contribution in [2.45, 2.75) is 52.4 Å². The maximum Gasteiger partial charge on any atom is 0.224 e. The van der Waals surface area contributed by atoms with E-state index in [1.165, 1.54) is 15.4 Å². The topological polar surface area (TPSA) is 66.5 Å². The van der Waals surface area contributed by atoms with E-state index < -0.39 is 10.0 Å². The van der Waals surface area contributed by atoms with Crippen molar-refractivity contribution in [1.82, 2.24) is 9.62 Å². The molecule has 1 N–H and O–H groups in total. The van der Waals surface area contributed by atoms with Crippen molar-refractivity contribution in [1.29, 1.82) is 0 Å². The molecule has 0 aliphatic carbocycles. The molecular weight excluding hydrogens is 348 g/mol. The molecule has 0 saturated carbocycles. The quantitative estimate of drug-likeness (QED) is 0.705. The molecule has 1 amide bonds. The lowest BCUT2D eigenvalue weighted by Gasteiger charge is -2.30. The number of rotatable bonds is 8. The third-order valence-electron chi connectivity index (χ3n) is 5.10. The molecule has 1 saturated heterocycles. The van der Waals surface area contributed by atoms with E-state index >= 15 is 0 Å². The zero-order valence-corrected chi connectivity index (χ0v) is 17.0. The average molecular weight is 381 g/mol. The summed E-state index contributed by atoms with van der Waals surface area (Å²) in [5.41, 5.74) is 2.62. The van der Waals surface area contributed by atoms with Crippen LogP contribution >= 0.6 is 0 Å². The molecule has 0 radical (unpaired) electrons. The summed E-state index contributed by atoms with van der Waals surface area (Å²) in [5.74, 6) is 0.387. The van der Waals surface area contributed by atoms with E-state index in [0.29, 0.717) is 25.6 Å². The Bertz CT molecular complexity index is 684. The van der Waals surface area contributed by atoms with Crippen LogP contribution in [0.25, 0.3) is 0 Å². The second-order valence-corrected chi connectivity index (χ2v) is 9.65. The van der Waals surface area contributed by atoms with Gasteiger partial charge in [-0.1, -0.05) is 38.1 Å². The summed E-state index contributed by atoms with van der Waals surface area (Å²) in [6.07, 6.45) is 3.33. The SMILES string of the molecule is CCS(=O)(=O)N1CCC[C@H](C(=O)NCCCc2ccc(C(C)C)cc2)C1. The molecule has 146 valence electrons. The minimum Gasteiger partial charge on any atom is -0.356 e. The van der Waals surface area contributed by atoms with Gasteiger partial charge in [-0.15, -0.1) is 0 Å². The van der Waals surface area contributed by atoms with Crippen LogP contribution in [0.15, 0.2) is 24.3 Å². The van der Waals surface area contributed by atoms with E-state index in [1.807, 2.05) is 0 Å². The molecule has 1 fully saturated rings. The number of benzene rings is 1. The van der Waals surface area contributed by atoms with Gasteiger partial charge in [0.05, 0.1) is 11.7 Å². The molecule has 2 rings (SSSR count). The molecule has 0 aromatic heterocycles. The summed E-state index contributed by atoms with van der Waals surface area (Å²) in [5, 5.41) is 2.98. The molecule has 26 heavy (non-hydrogen) atoms. The fourth-order valence-corrected chi connectivity index (χ4v) is 4.49. The molecule has 0 bridgehead atoms. The largest absolute Gasteiger partial charge is 0.356 e. The Morgan fingerprint density at radius 3 is 2.58 bits per heavy atom. The number of sulfonamides is 1. The number of piperidine rings is 1. The molecule has 0 unspecified atom stereocenters. The highest BCUT2D eigenvalue weighted by Gasteiger charge is 2.31. The van der Waals surface area contributed by atoms with Gasteiger partial charge in [0.15, 0.2) is 0 Å². The van der Waals surface area contributed by atoms with Crippen molar-refractivity contribution >= 4 is 15.9 Å². The summed E-state index contributed by atoms with van der Waals surface area (Å²) in [7, 11) is -3.21. The lowest BCUT2D eigenvalue weighted by atomic mass is 9.98. The summed E-state index contributed by atoms with van der Waals surface area (Å²) < 4.78 is 25.5. The maximum atomic E-state index is 12.4. The monoisotopic (exact) mass is 380 g/mol. The van der Waals surface area contributed by atoms with E-state index in [4.69, 9.17) is 0 Å². The lowest BCUT2D eigenvalue weighted by Crippen LogP contribution is -2.46. The first-order valence-electron chi connectivity index (χ1n) is 9.68. The number of amides is 1. The number of nitrogens with one attached hydrogen (secondary N) is 1. The van der Waals surface area contributed by atoms with E-state index in [-0.39, 0.29) is 17.6 Å². The second kappa shape index (κ2) is 9.51. The fraction of sp³-hybridized carbons (Fsp3) is 0.650. The molecule has 6 heteroatoms. The fourth-order valence-electron chi connectivity index (χ4n) is 3.31. The Kier molecular flexibility index (Phi) is 7.65. The third kappa shape index (κ3) is 5.81. The summed E-state index contributed by atoms with van der Waals surface area (Å²) in [4.78, 5) is 12.4. The normalized spacial score (nSPS) is 18.8. The van der Waals surface area contributed by atoms with Gasteiger partial charge in [0.2, 0.25) is 15.9 Å². The van der Waals surface area contributed by atoms with E-state index in [2.05, 4.69) is 43.4 Å². The number of carbonyl (C=O) groups excluding carboxylic acids is 1. The van der Waals surface area contributed by atoms with Gasteiger partial charge in [0.25, 0.3) is 0 Å². The molecule has 1 atom stereocenters. The Hall–Kier alpha value is -1.40. The van der Waals surface area contributed by atoms with E-state index in [0.717, 1.165) is 25.7 Å². The first kappa shape index (κ1) is 20.9. The van der Waals surface area contributed by atoms with Gasteiger partial charge >= 0.3 is 0 Å². The van der Waals surface area contributed by atoms with Crippen molar-refractivity contribution in [2.75, 3.05) is 25.4 Å². The van der Waals surface area contributed by atoms with Crippen molar-refractivity contribution < 1.29 is 13.2 Å². The molecule has 1 aliphatic heterocycles. The van der Waals surface area contributed by atoms with Crippen LogP contribution < -0.4 is 5.32 Å². The van der Waals surface area contributed by atoms with Crippen molar-refractivity contribution in [3.63, 3.8) is 0 Å². The molecule has 5 nitrogen and oxygen atoms in total. The Morgan fingerprint density at radius 1 is 1.27 bits per heavy atom. The van der Waals surface area contributed by atoms with Crippen molar-refractivity contribution in [3.05, 3.63) is 35.4 Å². The van der Waals surface area contributed by atoms with Crippen LogP contribution in [-0.4, -0.2) is 44.0 Å². The van der Waals surface area contributed by atoms with Crippen molar-refractivity contribution in [2.24, 2.45) is 5.92 Å². The zero-order chi connectivity index (χ0) is 19.2. The van der Waals surface area contributed by atoms with Gasteiger partial charge in [-0.3, -0.25) is 4.79 Å². The lowest BCUT2D eigenvalue weighted by molar-refractivity contribution is -0.126. The average Bonchev–Trinajstić information content (AvgIpc) is 2.65. The van der Waals surface area contributed by atoms with Gasteiger partial charge < -0.3 is 5.32 Å². The molecule has 1 aromatic rings. The molecule has 1 aromatic carbocycles. The standard InChI is InChI=1S/C20H32N2O3S/c1-4-26(24,25)22-14-6-8-19(15-22)20(23)21-13-5-7-17-9-11-18(12-10-17)16(2)3/h9-12,16,19H,4-8,13-15H2,1-3H3,(H,21,23)/t19-/m0/s1. The summed E-state index contributed by atoms with van der Waals surface area (Å²) >= 11 is 0. The smallest absolute Gasteiger partial charge is 0.224 e. The molecule has 0 spiro atoms. The van der Waals surface area contributed by atoms with Gasteiger partial charge in [-0.2, -0.15) is 0 Å². The summed E-state index contributed by atoms with van der Waals surface area (Å²) in [6, 6.07) is 8.66. The minimum absolute atomic E-state index is 0.0174. The van der Waals surface area contributed by atoms with Gasteiger partial charge in [-0.05, 0) is 49.7 Å². The maximum absolute atomic E-state index is 12.4. The van der Waals surface area contributed by atoms with Crippen LogP contribution in [0.3, 0.4) is 0 Å². The minimum atomic E-state index is -3.21. The van der Waals surface area contributed by atoms with Crippen LogP contribution in [-0.2, 0) is 21.2 Å². The van der Waals surface area contributed by atoms with E-state index in [9.17, 15) is 13.2 Å². The predicted molar refractivity (Wildman–Crippen MR) is 106 cm³/mol. The highest BCUT2D eigenvalue weighted by molar-refractivity contribution is 7.89. The highest BCUT2D eigenvalue weighted by atomic mass is 32.2. The third-order valence-corrected chi connectivity index (χ3v) is 6.95. The molecular formula is C20H32N2O3S. The number of carbonyl (C=O) groups is 1. The van der Waals surface area contributed by atoms with Crippen LogP contribution in [0.2, 0.25) is 0 Å². The first-order chi connectivity index (χ1) is 12.3. The Labute approximate surface area is 158 Å². The Balaban J connectivity index is 1.74. The second-order valence-electron chi connectivity index (χ2n) is 7.39. The highest BCUT2D eigenvalue weighted by Crippen LogP contribution is 2.20. The first-order valence-corrected chi connectivity index (χ1v) is 11.3. The van der Waals surface area contributed by atoms with Crippen LogP contribution in [0.1, 0.15) is 57.1 Å². The summed E-state index contributed by atoms with van der Waals surface area (Å²) in [6.45, 7) is 7.49. The van der Waals surface area contributed by atoms with Gasteiger partial charge in [0.1, 0.15) is 0 Å². The number of nitrogens with zero attached hydrogens (tertiary/aromatic N) is 1. The number of aryl methyl sites for hydroxylation is 1. The van der Waals surface area contributed by atoms with Gasteiger partial charge in [0, 0.05) is 19.6 Å². The predicted octanol–water partition coefficient (Wildman–Crippen LogP) is 2.92. The molecule has 1 heterocycles. The van der Waals surface area contributed by atoms with Gasteiger partial charge in [-0.25, -0.2) is 12.7 Å². The van der Waals surface area contributed by atoms with Crippen LogP contribution in [0, 0.1) is 5.92 Å².